The maximum absolute atomic E-state index is 6.18. The van der Waals surface area contributed by atoms with Crippen molar-refractivity contribution in [3.8, 4) is 5.75 Å². The van der Waals surface area contributed by atoms with Gasteiger partial charge in [-0.1, -0.05) is 30.1 Å². The normalized spacial score (nSPS) is 23.8. The highest BCUT2D eigenvalue weighted by Gasteiger charge is 2.39. The van der Waals surface area contributed by atoms with E-state index in [1.54, 1.807) is 6.07 Å². The molecule has 0 amide bonds. The number of epoxide rings is 1. The SMILES string of the molecule is CCOc1c(Cl)cc(Cl)cc1CC(C)C1OC1C. The molecule has 0 aromatic heterocycles. The van der Waals surface area contributed by atoms with Crippen LogP contribution < -0.4 is 4.74 Å². The largest absolute Gasteiger partial charge is 0.492 e. The lowest BCUT2D eigenvalue weighted by Gasteiger charge is -2.15. The minimum Gasteiger partial charge on any atom is -0.492 e. The molecule has 100 valence electrons. The molecule has 0 bridgehead atoms. The van der Waals surface area contributed by atoms with E-state index in [0.29, 0.717) is 34.8 Å². The first-order chi connectivity index (χ1) is 8.52. The van der Waals surface area contributed by atoms with Crippen LogP contribution in [0, 0.1) is 5.92 Å². The Balaban J connectivity index is 2.19. The quantitative estimate of drug-likeness (QED) is 0.751. The fourth-order valence-corrected chi connectivity index (χ4v) is 2.92. The van der Waals surface area contributed by atoms with Gasteiger partial charge in [-0.25, -0.2) is 0 Å². The van der Waals surface area contributed by atoms with Crippen LogP contribution >= 0.6 is 23.2 Å². The van der Waals surface area contributed by atoms with Gasteiger partial charge in [-0.15, -0.1) is 0 Å². The third-order valence-corrected chi connectivity index (χ3v) is 3.73. The van der Waals surface area contributed by atoms with Crippen LogP contribution in [0.15, 0.2) is 12.1 Å². The van der Waals surface area contributed by atoms with Gasteiger partial charge in [-0.2, -0.15) is 0 Å². The van der Waals surface area contributed by atoms with Gasteiger partial charge in [0, 0.05) is 5.02 Å². The number of benzene rings is 1. The summed E-state index contributed by atoms with van der Waals surface area (Å²) in [6.07, 6.45) is 1.58. The smallest absolute Gasteiger partial charge is 0.141 e. The predicted molar refractivity (Wildman–Crippen MR) is 74.8 cm³/mol. The van der Waals surface area contributed by atoms with Crippen LogP contribution in [0.2, 0.25) is 10.0 Å². The third kappa shape index (κ3) is 3.11. The molecule has 3 atom stereocenters. The summed E-state index contributed by atoms with van der Waals surface area (Å²) in [6, 6.07) is 3.65. The summed E-state index contributed by atoms with van der Waals surface area (Å²) in [5.41, 5.74) is 1.06. The summed E-state index contributed by atoms with van der Waals surface area (Å²) in [5, 5.41) is 1.23. The van der Waals surface area contributed by atoms with E-state index in [4.69, 9.17) is 32.7 Å². The maximum atomic E-state index is 6.18. The minimum absolute atomic E-state index is 0.345. The van der Waals surface area contributed by atoms with Gasteiger partial charge in [-0.05, 0) is 43.9 Å². The first kappa shape index (κ1) is 14.0. The summed E-state index contributed by atoms with van der Waals surface area (Å²) in [4.78, 5) is 0. The fraction of sp³-hybridized carbons (Fsp3) is 0.571. The van der Waals surface area contributed by atoms with E-state index in [-0.39, 0.29) is 0 Å². The minimum atomic E-state index is 0.345. The van der Waals surface area contributed by atoms with E-state index in [1.807, 2.05) is 13.0 Å². The molecule has 1 aliphatic heterocycles. The van der Waals surface area contributed by atoms with Crippen molar-refractivity contribution < 1.29 is 9.47 Å². The summed E-state index contributed by atoms with van der Waals surface area (Å²) >= 11 is 12.2. The average Bonchev–Trinajstić information content (AvgIpc) is 3.00. The molecule has 0 spiro atoms. The number of rotatable bonds is 5. The molecule has 1 saturated heterocycles. The van der Waals surface area contributed by atoms with Gasteiger partial charge >= 0.3 is 0 Å². The van der Waals surface area contributed by atoms with Gasteiger partial charge in [0.25, 0.3) is 0 Å². The molecular formula is C14H18Cl2O2. The molecular weight excluding hydrogens is 271 g/mol. The number of hydrogen-bond acceptors (Lipinski definition) is 2. The van der Waals surface area contributed by atoms with Crippen LogP contribution in [-0.2, 0) is 11.2 Å². The third-order valence-electron chi connectivity index (χ3n) is 3.23. The molecule has 1 aromatic rings. The van der Waals surface area contributed by atoms with E-state index in [0.717, 1.165) is 17.7 Å². The second-order valence-corrected chi connectivity index (χ2v) is 5.64. The molecule has 4 heteroatoms. The average molecular weight is 289 g/mol. The molecule has 2 nitrogen and oxygen atoms in total. The Hall–Kier alpha value is -0.440. The van der Waals surface area contributed by atoms with Gasteiger partial charge in [0.15, 0.2) is 0 Å². The highest BCUT2D eigenvalue weighted by molar-refractivity contribution is 6.35. The van der Waals surface area contributed by atoms with Crippen LogP contribution in [0.1, 0.15) is 26.3 Å². The maximum Gasteiger partial charge on any atom is 0.141 e. The molecule has 0 radical (unpaired) electrons. The molecule has 1 fully saturated rings. The van der Waals surface area contributed by atoms with E-state index >= 15 is 0 Å². The lowest BCUT2D eigenvalue weighted by atomic mass is 9.96. The van der Waals surface area contributed by atoms with Gasteiger partial charge < -0.3 is 9.47 Å². The molecule has 1 aliphatic rings. The second kappa shape index (κ2) is 5.68. The zero-order valence-electron chi connectivity index (χ0n) is 10.9. The first-order valence-electron chi connectivity index (χ1n) is 6.29. The molecule has 0 N–H and O–H groups in total. The van der Waals surface area contributed by atoms with Crippen LogP contribution in [-0.4, -0.2) is 18.8 Å². The Labute approximate surface area is 118 Å². The number of halogens is 2. The molecule has 0 aliphatic carbocycles. The molecule has 1 heterocycles. The van der Waals surface area contributed by atoms with E-state index in [1.165, 1.54) is 0 Å². The van der Waals surface area contributed by atoms with Gasteiger partial charge in [0.05, 0.1) is 23.8 Å². The number of ether oxygens (including phenoxy) is 2. The first-order valence-corrected chi connectivity index (χ1v) is 7.04. The van der Waals surface area contributed by atoms with Crippen LogP contribution in [0.5, 0.6) is 5.75 Å². The zero-order valence-corrected chi connectivity index (χ0v) is 12.4. The number of hydrogen-bond donors (Lipinski definition) is 0. The van der Waals surface area contributed by atoms with Crippen LogP contribution in [0.25, 0.3) is 0 Å². The summed E-state index contributed by atoms with van der Waals surface area (Å²) in [6.45, 7) is 6.82. The summed E-state index contributed by atoms with van der Waals surface area (Å²) < 4.78 is 11.1. The van der Waals surface area contributed by atoms with Crippen molar-refractivity contribution >= 4 is 23.2 Å². The van der Waals surface area contributed by atoms with Crippen molar-refractivity contribution in [3.63, 3.8) is 0 Å². The Morgan fingerprint density at radius 1 is 1.39 bits per heavy atom. The van der Waals surface area contributed by atoms with Crippen LogP contribution in [0.4, 0.5) is 0 Å². The highest BCUT2D eigenvalue weighted by atomic mass is 35.5. The predicted octanol–water partition coefficient (Wildman–Crippen LogP) is 4.36. The van der Waals surface area contributed by atoms with Crippen molar-refractivity contribution in [2.75, 3.05) is 6.61 Å². The molecule has 18 heavy (non-hydrogen) atoms. The summed E-state index contributed by atoms with van der Waals surface area (Å²) in [5.74, 6) is 1.19. The van der Waals surface area contributed by atoms with Gasteiger partial charge in [0.2, 0.25) is 0 Å². The van der Waals surface area contributed by atoms with Gasteiger partial charge in [0.1, 0.15) is 5.75 Å². The Morgan fingerprint density at radius 2 is 2.06 bits per heavy atom. The van der Waals surface area contributed by atoms with E-state index in [9.17, 15) is 0 Å². The fourth-order valence-electron chi connectivity index (χ4n) is 2.33. The lowest BCUT2D eigenvalue weighted by molar-refractivity contribution is 0.317. The van der Waals surface area contributed by atoms with Gasteiger partial charge in [-0.3, -0.25) is 0 Å². The molecule has 1 aromatic carbocycles. The van der Waals surface area contributed by atoms with E-state index < -0.39 is 0 Å². The van der Waals surface area contributed by atoms with Crippen molar-refractivity contribution in [1.29, 1.82) is 0 Å². The van der Waals surface area contributed by atoms with Crippen molar-refractivity contribution in [2.24, 2.45) is 5.92 Å². The standard InChI is InChI=1S/C14H18Cl2O2/c1-4-17-14-10(6-11(15)7-12(14)16)5-8(2)13-9(3)18-13/h6-9,13H,4-5H2,1-3H3. The van der Waals surface area contributed by atoms with E-state index in [2.05, 4.69) is 13.8 Å². The monoisotopic (exact) mass is 288 g/mol. The molecule has 3 unspecified atom stereocenters. The Bertz CT molecular complexity index is 434. The highest BCUT2D eigenvalue weighted by Crippen LogP contribution is 2.37. The van der Waals surface area contributed by atoms with Crippen molar-refractivity contribution in [2.45, 2.75) is 39.4 Å². The Morgan fingerprint density at radius 3 is 2.61 bits per heavy atom. The van der Waals surface area contributed by atoms with Crippen molar-refractivity contribution in [3.05, 3.63) is 27.7 Å². The van der Waals surface area contributed by atoms with Crippen molar-refractivity contribution in [1.82, 2.24) is 0 Å². The molecule has 2 rings (SSSR count). The lowest BCUT2D eigenvalue weighted by Crippen LogP contribution is -2.10. The topological polar surface area (TPSA) is 21.8 Å². The molecule has 0 saturated carbocycles. The second-order valence-electron chi connectivity index (χ2n) is 4.80. The van der Waals surface area contributed by atoms with Crippen LogP contribution in [0.3, 0.4) is 0 Å². The zero-order chi connectivity index (χ0) is 13.3. The summed E-state index contributed by atoms with van der Waals surface area (Å²) in [7, 11) is 0. The Kier molecular flexibility index (Phi) is 4.41.